The average molecular weight is 788 g/mol. The highest BCUT2D eigenvalue weighted by atomic mass is 31.2. The van der Waals surface area contributed by atoms with Gasteiger partial charge in [-0.3, -0.25) is 9.69 Å². The average Bonchev–Trinajstić information content (AvgIpc) is 3.74. The summed E-state index contributed by atoms with van der Waals surface area (Å²) in [5.74, 6) is -0.523. The van der Waals surface area contributed by atoms with Crippen LogP contribution in [0.15, 0.2) is 103 Å². The Kier molecular flexibility index (Phi) is 10.2. The first kappa shape index (κ1) is 39.3. The molecule has 9 heteroatoms. The van der Waals surface area contributed by atoms with Crippen molar-refractivity contribution in [2.75, 3.05) is 45.4 Å². The van der Waals surface area contributed by atoms with Crippen molar-refractivity contribution in [2.24, 2.45) is 5.41 Å². The van der Waals surface area contributed by atoms with E-state index in [9.17, 15) is 14.7 Å². The van der Waals surface area contributed by atoms with Crippen molar-refractivity contribution in [3.63, 3.8) is 0 Å². The van der Waals surface area contributed by atoms with E-state index >= 15 is 0 Å². The van der Waals surface area contributed by atoms with Crippen molar-refractivity contribution in [3.05, 3.63) is 125 Å². The summed E-state index contributed by atoms with van der Waals surface area (Å²) in [5.41, 5.74) is 1.88. The van der Waals surface area contributed by atoms with Crippen molar-refractivity contribution in [2.45, 2.75) is 82.6 Å². The number of aryl methyl sites for hydroxylation is 3. The number of methoxy groups -OCH3 is 2. The van der Waals surface area contributed by atoms with E-state index < -0.39 is 47.8 Å². The number of aliphatic hydroxyl groups is 1. The van der Waals surface area contributed by atoms with Crippen LogP contribution >= 0.6 is 7.26 Å². The van der Waals surface area contributed by atoms with Gasteiger partial charge in [-0.1, -0.05) is 78.2 Å². The summed E-state index contributed by atoms with van der Waals surface area (Å²) < 4.78 is 17.8. The highest BCUT2D eigenvalue weighted by molar-refractivity contribution is 7.95. The van der Waals surface area contributed by atoms with Crippen LogP contribution in [-0.2, 0) is 24.5 Å². The lowest BCUT2D eigenvalue weighted by Crippen LogP contribution is -2.81. The molecule has 8 rings (SSSR count). The number of carbonyl (C=O) groups is 2. The first-order valence-corrected chi connectivity index (χ1v) is 22.3. The smallest absolute Gasteiger partial charge is 0.344 e. The van der Waals surface area contributed by atoms with Gasteiger partial charge in [0.2, 0.25) is 5.60 Å². The van der Waals surface area contributed by atoms with E-state index in [2.05, 4.69) is 124 Å². The van der Waals surface area contributed by atoms with Crippen LogP contribution in [-0.4, -0.2) is 86.3 Å². The molecule has 3 aliphatic heterocycles. The zero-order valence-corrected chi connectivity index (χ0v) is 35.2. The molecule has 2 fully saturated rings. The predicted octanol–water partition coefficient (Wildman–Crippen LogP) is 6.32. The summed E-state index contributed by atoms with van der Waals surface area (Å²) in [4.78, 5) is 33.4. The van der Waals surface area contributed by atoms with Crippen LogP contribution in [0.5, 0.6) is 5.75 Å². The standard InChI is InChI=1S/C48H56N2O6P/c1-8-46-26-10-28-50-29-27-47(42(46)50)39-25-18-35(54-6)31-40(39)49(5)43(47)48(53,45(52)55-7)44(46)56-41(51)11-9-30-57(36-19-12-32(2)13-20-36,37-21-14-33(3)15-22-37)38-23-16-34(4)17-24-38/h10,12-26,31,42-44,53H,8-9,11,27-30H2,1-7H3/q+1/t42-,43+,44+,46+,47+,48-/m0/s1. The van der Waals surface area contributed by atoms with Crippen LogP contribution in [0.4, 0.5) is 5.69 Å². The van der Waals surface area contributed by atoms with Crippen molar-refractivity contribution >= 4 is 40.8 Å². The van der Waals surface area contributed by atoms with Crippen LogP contribution in [0, 0.1) is 26.2 Å². The molecular formula is C48H56N2O6P+. The van der Waals surface area contributed by atoms with E-state index in [1.165, 1.54) is 39.7 Å². The number of esters is 2. The van der Waals surface area contributed by atoms with Gasteiger partial charge in [-0.25, -0.2) is 4.79 Å². The summed E-state index contributed by atoms with van der Waals surface area (Å²) >= 11 is 0. The van der Waals surface area contributed by atoms with Gasteiger partial charge in [-0.05, 0) is 94.6 Å². The summed E-state index contributed by atoms with van der Waals surface area (Å²) in [6, 6.07) is 31.8. The summed E-state index contributed by atoms with van der Waals surface area (Å²) in [6.07, 6.45) is 5.76. The second-order valence-corrected chi connectivity index (χ2v) is 20.4. The van der Waals surface area contributed by atoms with Crippen LogP contribution in [0.1, 0.15) is 54.9 Å². The molecule has 4 aromatic rings. The van der Waals surface area contributed by atoms with Crippen LogP contribution in [0.3, 0.4) is 0 Å². The molecule has 4 aliphatic rings. The van der Waals surface area contributed by atoms with E-state index in [0.717, 1.165) is 36.9 Å². The highest BCUT2D eigenvalue weighted by Crippen LogP contribution is 2.67. The number of hydrogen-bond acceptors (Lipinski definition) is 8. The minimum atomic E-state index is -2.24. The molecule has 0 bridgehead atoms. The molecule has 0 unspecified atom stereocenters. The maximum Gasteiger partial charge on any atom is 0.344 e. The minimum absolute atomic E-state index is 0.125. The number of anilines is 1. The number of ether oxygens (including phenoxy) is 3. The van der Waals surface area contributed by atoms with Crippen molar-refractivity contribution < 1.29 is 28.9 Å². The summed E-state index contributed by atoms with van der Waals surface area (Å²) in [5, 5.41) is 17.1. The Labute approximate surface area is 338 Å². The van der Waals surface area contributed by atoms with Gasteiger partial charge < -0.3 is 24.2 Å². The summed E-state index contributed by atoms with van der Waals surface area (Å²) in [6.45, 7) is 9.93. The number of hydrogen-bond donors (Lipinski definition) is 1. The number of carbonyl (C=O) groups excluding carboxylic acids is 2. The molecule has 1 spiro atoms. The molecule has 3 heterocycles. The Morgan fingerprint density at radius 3 is 1.95 bits per heavy atom. The Morgan fingerprint density at radius 2 is 1.42 bits per heavy atom. The number of rotatable bonds is 11. The third-order valence-electron chi connectivity index (χ3n) is 13.9. The van der Waals surface area contributed by atoms with Crippen LogP contribution < -0.4 is 25.6 Å². The molecule has 4 aromatic carbocycles. The van der Waals surface area contributed by atoms with Gasteiger partial charge in [0.1, 0.15) is 28.9 Å². The van der Waals surface area contributed by atoms with E-state index in [-0.39, 0.29) is 12.5 Å². The van der Waals surface area contributed by atoms with E-state index in [4.69, 9.17) is 14.2 Å². The number of benzene rings is 4. The molecule has 1 aliphatic carbocycles. The lowest BCUT2D eigenvalue weighted by molar-refractivity contribution is -0.229. The molecule has 1 N–H and O–H groups in total. The van der Waals surface area contributed by atoms with Gasteiger partial charge in [0.05, 0.1) is 26.4 Å². The third kappa shape index (κ3) is 5.80. The van der Waals surface area contributed by atoms with Gasteiger partial charge in [0.15, 0.2) is 6.10 Å². The van der Waals surface area contributed by atoms with Gasteiger partial charge in [-0.2, -0.15) is 0 Å². The molecule has 0 aromatic heterocycles. The number of likely N-dealkylation sites (N-methyl/N-ethyl adjacent to an activating group) is 1. The van der Waals surface area contributed by atoms with E-state index in [1.807, 2.05) is 24.1 Å². The molecule has 0 amide bonds. The van der Waals surface area contributed by atoms with Gasteiger partial charge in [-0.15, -0.1) is 0 Å². The van der Waals surface area contributed by atoms with Gasteiger partial charge >= 0.3 is 11.9 Å². The first-order valence-electron chi connectivity index (χ1n) is 20.3. The summed E-state index contributed by atoms with van der Waals surface area (Å²) in [7, 11) is 2.64. The van der Waals surface area contributed by atoms with Crippen LogP contribution in [0.2, 0.25) is 0 Å². The van der Waals surface area contributed by atoms with E-state index in [1.54, 1.807) is 7.11 Å². The number of nitrogens with zero attached hydrogens (tertiary/aromatic N) is 2. The van der Waals surface area contributed by atoms with Gasteiger partial charge in [0, 0.05) is 48.6 Å². The fourth-order valence-electron chi connectivity index (χ4n) is 11.4. The highest BCUT2D eigenvalue weighted by Gasteiger charge is 2.80. The molecule has 6 atom stereocenters. The fraction of sp³-hybridized carbons (Fsp3) is 0.417. The molecule has 57 heavy (non-hydrogen) atoms. The van der Waals surface area contributed by atoms with Crippen molar-refractivity contribution in [1.29, 1.82) is 0 Å². The zero-order chi connectivity index (χ0) is 40.3. The largest absolute Gasteiger partial charge is 0.497 e. The zero-order valence-electron chi connectivity index (χ0n) is 34.3. The van der Waals surface area contributed by atoms with E-state index in [0.29, 0.717) is 18.6 Å². The maximum absolute atomic E-state index is 14.6. The molecule has 1 saturated carbocycles. The quantitative estimate of drug-likeness (QED) is 0.108. The lowest BCUT2D eigenvalue weighted by atomic mass is 9.47. The third-order valence-corrected chi connectivity index (χ3v) is 18.4. The molecular weight excluding hydrogens is 732 g/mol. The molecule has 298 valence electrons. The Balaban J connectivity index is 1.18. The molecule has 8 nitrogen and oxygen atoms in total. The minimum Gasteiger partial charge on any atom is -0.497 e. The Bertz CT molecular complexity index is 2080. The predicted molar refractivity (Wildman–Crippen MR) is 229 cm³/mol. The second-order valence-electron chi connectivity index (χ2n) is 16.8. The maximum atomic E-state index is 14.6. The normalized spacial score (nSPS) is 27.4. The topological polar surface area (TPSA) is 88.5 Å². The lowest BCUT2D eigenvalue weighted by Gasteiger charge is -2.63. The number of fused-ring (bicyclic) bond motifs is 1. The van der Waals surface area contributed by atoms with Crippen molar-refractivity contribution in [1.82, 2.24) is 4.90 Å². The fourth-order valence-corrected chi connectivity index (χ4v) is 15.7. The SMILES string of the molecule is CC[C@]12C=CCN3CC[C@@]4(c5ccc(OC)cc5N(C)[C@H]4[C@@](O)(C(=O)OC)[C@@H]1OC(=O)CCC[P+](c1ccc(C)cc1)(c1ccc(C)cc1)c1ccc(C)cc1)[C@@H]32. The first-order chi connectivity index (χ1) is 27.4. The molecule has 0 radical (unpaired) electrons. The van der Waals surface area contributed by atoms with Crippen LogP contribution in [0.25, 0.3) is 0 Å². The van der Waals surface area contributed by atoms with Crippen molar-refractivity contribution in [3.8, 4) is 5.75 Å². The van der Waals surface area contributed by atoms with Gasteiger partial charge in [0.25, 0.3) is 0 Å². The second kappa shape index (κ2) is 14.7. The molecule has 1 saturated heterocycles. The Hall–Kier alpha value is -4.49. The monoisotopic (exact) mass is 787 g/mol. The Morgan fingerprint density at radius 1 is 0.842 bits per heavy atom.